The van der Waals surface area contributed by atoms with Gasteiger partial charge in [0, 0.05) is 11.7 Å². The fourth-order valence-electron chi connectivity index (χ4n) is 4.17. The molecule has 0 aliphatic carbocycles. The first-order valence-electron chi connectivity index (χ1n) is 11.5. The Hall–Kier alpha value is -2.92. The quantitative estimate of drug-likeness (QED) is 0.627. The molecule has 192 valence electrons. The van der Waals surface area contributed by atoms with Crippen molar-refractivity contribution in [2.24, 2.45) is 4.99 Å². The zero-order valence-corrected chi connectivity index (χ0v) is 21.8. The number of alkyl carbamates (subject to hydrolysis) is 1. The molecule has 0 saturated carbocycles. The van der Waals surface area contributed by atoms with E-state index in [1.54, 1.807) is 26.8 Å². The first-order valence-corrected chi connectivity index (χ1v) is 14.2. The number of hydrogen-bond acceptors (Lipinski definition) is 6. The highest BCUT2D eigenvalue weighted by Crippen LogP contribution is 2.41. The van der Waals surface area contributed by atoms with Gasteiger partial charge in [-0.3, -0.25) is 4.79 Å². The Morgan fingerprint density at radius 3 is 2.47 bits per heavy atom. The smallest absolute Gasteiger partial charge is 0.408 e. The van der Waals surface area contributed by atoms with Crippen molar-refractivity contribution in [2.45, 2.75) is 50.1 Å². The largest absolute Gasteiger partial charge is 0.444 e. The maximum Gasteiger partial charge on any atom is 0.408 e. The molecule has 2 fully saturated rings. The molecule has 8 nitrogen and oxygen atoms in total. The number of hydrogen-bond donors (Lipinski definition) is 1. The van der Waals surface area contributed by atoms with Gasteiger partial charge in [0.15, 0.2) is 15.0 Å². The topological polar surface area (TPSA) is 105 Å². The minimum absolute atomic E-state index is 0.0793. The predicted molar refractivity (Wildman–Crippen MR) is 138 cm³/mol. The number of nitrogens with zero attached hydrogens (tertiary/aromatic N) is 2. The Bertz CT molecular complexity index is 1280. The lowest BCUT2D eigenvalue weighted by molar-refractivity contribution is -0.119. The van der Waals surface area contributed by atoms with E-state index in [9.17, 15) is 22.4 Å². The van der Waals surface area contributed by atoms with Gasteiger partial charge in [-0.25, -0.2) is 17.6 Å². The summed E-state index contributed by atoms with van der Waals surface area (Å²) in [5.74, 6) is -1.42. The molecule has 2 saturated heterocycles. The molecule has 0 aromatic heterocycles. The molecule has 2 aromatic rings. The van der Waals surface area contributed by atoms with Gasteiger partial charge < -0.3 is 15.0 Å². The lowest BCUT2D eigenvalue weighted by Gasteiger charge is -2.25. The minimum atomic E-state index is -3.30. The van der Waals surface area contributed by atoms with Crippen LogP contribution in [0.25, 0.3) is 0 Å². The molecule has 11 heteroatoms. The average Bonchev–Trinajstić information content (AvgIpc) is 3.24. The number of ether oxygens (including phenoxy) is 1. The number of sulfone groups is 1. The van der Waals surface area contributed by atoms with Gasteiger partial charge in [0.05, 0.1) is 23.2 Å². The zero-order chi connectivity index (χ0) is 26.1. The van der Waals surface area contributed by atoms with Gasteiger partial charge in [-0.2, -0.15) is 4.99 Å². The van der Waals surface area contributed by atoms with Gasteiger partial charge in [-0.15, -0.1) is 0 Å². The van der Waals surface area contributed by atoms with E-state index in [4.69, 9.17) is 4.74 Å². The fourth-order valence-corrected chi connectivity index (χ4v) is 8.08. The molecule has 36 heavy (non-hydrogen) atoms. The van der Waals surface area contributed by atoms with E-state index in [1.165, 1.54) is 23.1 Å². The fraction of sp³-hybridized carbons (Fsp3) is 0.400. The summed E-state index contributed by atoms with van der Waals surface area (Å²) in [5, 5.41) is 2.44. The van der Waals surface area contributed by atoms with Crippen LogP contribution in [-0.4, -0.2) is 60.0 Å². The van der Waals surface area contributed by atoms with Crippen molar-refractivity contribution in [3.63, 3.8) is 0 Å². The van der Waals surface area contributed by atoms with Gasteiger partial charge >= 0.3 is 6.09 Å². The summed E-state index contributed by atoms with van der Waals surface area (Å²) in [5.41, 5.74) is 0.198. The van der Waals surface area contributed by atoms with Crippen LogP contribution in [0, 0.1) is 5.82 Å². The Morgan fingerprint density at radius 1 is 1.14 bits per heavy atom. The number of nitrogens with one attached hydrogen (secondary N) is 1. The summed E-state index contributed by atoms with van der Waals surface area (Å²) in [6, 6.07) is 13.5. The van der Waals surface area contributed by atoms with Crippen LogP contribution in [0.1, 0.15) is 26.3 Å². The SMILES string of the molecule is CC(C)(C)OC(=O)N[C@H](Cc1ccccc1)C(=O)N=C1S[C@@H]2CS(=O)(=O)C[C@H]2N1c1ccccc1F. The van der Waals surface area contributed by atoms with Crippen LogP contribution in [0.5, 0.6) is 0 Å². The van der Waals surface area contributed by atoms with Crippen molar-refractivity contribution in [1.29, 1.82) is 0 Å². The first-order chi connectivity index (χ1) is 16.9. The highest BCUT2D eigenvalue weighted by atomic mass is 32.2. The Labute approximate surface area is 214 Å². The van der Waals surface area contributed by atoms with E-state index in [1.807, 2.05) is 30.3 Å². The number of carbonyl (C=O) groups is 2. The van der Waals surface area contributed by atoms with Crippen LogP contribution in [0.15, 0.2) is 59.6 Å². The number of benzene rings is 2. The Morgan fingerprint density at radius 2 is 1.81 bits per heavy atom. The van der Waals surface area contributed by atoms with Gasteiger partial charge in [0.25, 0.3) is 5.91 Å². The van der Waals surface area contributed by atoms with Crippen LogP contribution in [0.4, 0.5) is 14.9 Å². The summed E-state index contributed by atoms with van der Waals surface area (Å²) in [4.78, 5) is 31.7. The van der Waals surface area contributed by atoms with E-state index in [0.29, 0.717) is 0 Å². The van der Waals surface area contributed by atoms with Crippen LogP contribution >= 0.6 is 11.8 Å². The Balaban J connectivity index is 1.66. The third kappa shape index (κ3) is 6.25. The molecule has 4 rings (SSSR count). The standard InChI is InChI=1S/C25H28FN3O5S2/c1-25(2,3)34-24(31)27-18(13-16-9-5-4-6-10-16)22(30)28-23-29(19-12-8-7-11-17(19)26)20-14-36(32,33)15-21(20)35-23/h4-12,18,20-21H,13-15H2,1-3H3,(H,27,31)/t18-,20-,21-/m1/s1. The molecule has 0 bridgehead atoms. The molecule has 0 unspecified atom stereocenters. The van der Waals surface area contributed by atoms with Crippen LogP contribution < -0.4 is 10.2 Å². The number of aliphatic imine (C=N–C) groups is 1. The first kappa shape index (κ1) is 26.2. The molecule has 1 N–H and O–H groups in total. The number of halogens is 1. The zero-order valence-electron chi connectivity index (χ0n) is 20.2. The van der Waals surface area contributed by atoms with Crippen molar-refractivity contribution >= 4 is 44.5 Å². The monoisotopic (exact) mass is 533 g/mol. The maximum atomic E-state index is 14.8. The van der Waals surface area contributed by atoms with E-state index < -0.39 is 45.3 Å². The highest BCUT2D eigenvalue weighted by Gasteiger charge is 2.50. The van der Waals surface area contributed by atoms with E-state index in [-0.39, 0.29) is 34.0 Å². The van der Waals surface area contributed by atoms with Crippen molar-refractivity contribution in [2.75, 3.05) is 16.4 Å². The molecule has 0 radical (unpaired) electrons. The molecule has 3 atom stereocenters. The van der Waals surface area contributed by atoms with Crippen molar-refractivity contribution < 1.29 is 27.1 Å². The minimum Gasteiger partial charge on any atom is -0.444 e. The summed E-state index contributed by atoms with van der Waals surface area (Å²) in [6.07, 6.45) is -0.591. The average molecular weight is 534 g/mol. The van der Waals surface area contributed by atoms with E-state index in [0.717, 1.165) is 17.3 Å². The molecule has 2 amide bonds. The van der Waals surface area contributed by atoms with Gasteiger partial charge in [0.2, 0.25) is 0 Å². The predicted octanol–water partition coefficient (Wildman–Crippen LogP) is 3.56. The summed E-state index contributed by atoms with van der Waals surface area (Å²) >= 11 is 1.14. The van der Waals surface area contributed by atoms with Crippen LogP contribution in [0.3, 0.4) is 0 Å². The van der Waals surface area contributed by atoms with E-state index in [2.05, 4.69) is 10.3 Å². The number of fused-ring (bicyclic) bond motifs is 1. The number of anilines is 1. The lowest BCUT2D eigenvalue weighted by atomic mass is 10.1. The Kier molecular flexibility index (Phi) is 7.42. The second kappa shape index (κ2) is 10.2. The third-order valence-electron chi connectivity index (χ3n) is 5.66. The van der Waals surface area contributed by atoms with Crippen molar-refractivity contribution in [3.05, 3.63) is 66.0 Å². The second-order valence-corrected chi connectivity index (χ2v) is 13.1. The second-order valence-electron chi connectivity index (χ2n) is 9.74. The van der Waals surface area contributed by atoms with Gasteiger partial charge in [-0.1, -0.05) is 54.2 Å². The molecule has 0 spiro atoms. The van der Waals surface area contributed by atoms with Crippen molar-refractivity contribution in [1.82, 2.24) is 5.32 Å². The maximum absolute atomic E-state index is 14.8. The van der Waals surface area contributed by atoms with Crippen LogP contribution in [-0.2, 0) is 25.8 Å². The summed E-state index contributed by atoms with van der Waals surface area (Å²) in [6.45, 7) is 5.15. The lowest BCUT2D eigenvalue weighted by Crippen LogP contribution is -2.45. The molecular formula is C25H28FN3O5S2. The molecule has 2 aromatic carbocycles. The molecule has 2 heterocycles. The van der Waals surface area contributed by atoms with Gasteiger partial charge in [-0.05, 0) is 38.5 Å². The molecule has 2 aliphatic rings. The number of amides is 2. The number of amidine groups is 1. The summed E-state index contributed by atoms with van der Waals surface area (Å²) < 4.78 is 44.7. The normalized spacial score (nSPS) is 22.8. The number of para-hydroxylation sites is 1. The van der Waals surface area contributed by atoms with Crippen molar-refractivity contribution in [3.8, 4) is 0 Å². The number of rotatable bonds is 5. The van der Waals surface area contributed by atoms with E-state index >= 15 is 0 Å². The number of thioether (sulfide) groups is 1. The molecule has 2 aliphatic heterocycles. The highest BCUT2D eigenvalue weighted by molar-refractivity contribution is 8.16. The summed E-state index contributed by atoms with van der Waals surface area (Å²) in [7, 11) is -3.30. The van der Waals surface area contributed by atoms with Gasteiger partial charge in [0.1, 0.15) is 17.5 Å². The third-order valence-corrected chi connectivity index (χ3v) is 8.87. The van der Waals surface area contributed by atoms with Crippen LogP contribution in [0.2, 0.25) is 0 Å². The number of carbonyl (C=O) groups excluding carboxylic acids is 2. The molecular weight excluding hydrogens is 505 g/mol.